The molecule has 1 aliphatic heterocycles. The van der Waals surface area contributed by atoms with Gasteiger partial charge >= 0.3 is 0 Å². The van der Waals surface area contributed by atoms with Gasteiger partial charge in [0.1, 0.15) is 11.4 Å². The lowest BCUT2D eigenvalue weighted by atomic mass is 10.0. The number of para-hydroxylation sites is 1. The van der Waals surface area contributed by atoms with Crippen LogP contribution in [-0.4, -0.2) is 42.5 Å². The number of furan rings is 1. The zero-order valence-corrected chi connectivity index (χ0v) is 18.5. The zero-order valence-electron chi connectivity index (χ0n) is 16.8. The van der Waals surface area contributed by atoms with Gasteiger partial charge in [0.2, 0.25) is 0 Å². The van der Waals surface area contributed by atoms with E-state index in [4.69, 9.17) is 9.15 Å². The van der Waals surface area contributed by atoms with Gasteiger partial charge in [0.25, 0.3) is 5.91 Å². The standard InChI is InChI=1S/C22H23N3O3.2ClH/c1-15-16(9-10-18(24-15)21-8-5-13-28-21)22(26)25-12-11-23-14-19(25)17-6-3-4-7-20(17)27-2;;/h3-10,13,19,23H,11-12,14H2,1-2H3;2*1H. The van der Waals surface area contributed by atoms with Crippen LogP contribution in [0.5, 0.6) is 5.75 Å². The first-order valence-electron chi connectivity index (χ1n) is 9.35. The van der Waals surface area contributed by atoms with Gasteiger partial charge in [0.05, 0.1) is 30.7 Å². The highest BCUT2D eigenvalue weighted by molar-refractivity contribution is 5.96. The highest BCUT2D eigenvalue weighted by atomic mass is 35.5. The zero-order chi connectivity index (χ0) is 19.5. The molecule has 1 unspecified atom stereocenters. The van der Waals surface area contributed by atoms with Crippen molar-refractivity contribution in [2.45, 2.75) is 13.0 Å². The van der Waals surface area contributed by atoms with E-state index in [-0.39, 0.29) is 36.8 Å². The normalized spacial score (nSPS) is 15.7. The number of rotatable bonds is 4. The molecule has 3 aromatic rings. The lowest BCUT2D eigenvalue weighted by Gasteiger charge is -2.37. The molecule has 0 spiro atoms. The number of carbonyl (C=O) groups excluding carboxylic acids is 1. The quantitative estimate of drug-likeness (QED) is 0.643. The van der Waals surface area contributed by atoms with Crippen molar-refractivity contribution in [1.29, 1.82) is 0 Å². The Balaban J connectivity index is 0.00000160. The maximum atomic E-state index is 13.4. The molecule has 2 aromatic heterocycles. The fourth-order valence-electron chi connectivity index (χ4n) is 3.67. The van der Waals surface area contributed by atoms with Crippen LogP contribution in [0.1, 0.15) is 27.7 Å². The van der Waals surface area contributed by atoms with Crippen molar-refractivity contribution in [2.75, 3.05) is 26.7 Å². The Labute approximate surface area is 188 Å². The number of hydrogen-bond donors (Lipinski definition) is 1. The van der Waals surface area contributed by atoms with Gasteiger partial charge in [0.15, 0.2) is 5.76 Å². The molecule has 1 saturated heterocycles. The van der Waals surface area contributed by atoms with Crippen LogP contribution in [0, 0.1) is 6.92 Å². The van der Waals surface area contributed by atoms with Crippen LogP contribution in [0.3, 0.4) is 0 Å². The lowest BCUT2D eigenvalue weighted by molar-refractivity contribution is 0.0630. The first-order chi connectivity index (χ1) is 13.7. The second-order valence-corrected chi connectivity index (χ2v) is 6.77. The number of aryl methyl sites for hydroxylation is 1. The summed E-state index contributed by atoms with van der Waals surface area (Å²) in [5.41, 5.74) is 3.03. The van der Waals surface area contributed by atoms with Crippen LogP contribution in [0.4, 0.5) is 0 Å². The molecule has 3 heterocycles. The number of amides is 1. The highest BCUT2D eigenvalue weighted by Gasteiger charge is 2.31. The minimum absolute atomic E-state index is 0. The van der Waals surface area contributed by atoms with Gasteiger partial charge in [0, 0.05) is 25.2 Å². The van der Waals surface area contributed by atoms with Crippen molar-refractivity contribution >= 4 is 30.7 Å². The number of halogens is 2. The summed E-state index contributed by atoms with van der Waals surface area (Å²) in [6, 6.07) is 15.1. The Morgan fingerprint density at radius 2 is 1.97 bits per heavy atom. The average molecular weight is 450 g/mol. The molecular formula is C22H25Cl2N3O3. The SMILES string of the molecule is COc1ccccc1C1CNCCN1C(=O)c1ccc(-c2ccco2)nc1C.Cl.Cl. The predicted molar refractivity (Wildman–Crippen MR) is 121 cm³/mol. The second kappa shape index (κ2) is 10.5. The maximum absolute atomic E-state index is 13.4. The van der Waals surface area contributed by atoms with Crippen molar-refractivity contribution in [3.05, 3.63) is 71.6 Å². The van der Waals surface area contributed by atoms with E-state index in [1.165, 1.54) is 0 Å². The predicted octanol–water partition coefficient (Wildman–Crippen LogP) is 4.29. The summed E-state index contributed by atoms with van der Waals surface area (Å²) in [6.07, 6.45) is 1.62. The van der Waals surface area contributed by atoms with Crippen LogP contribution in [0.2, 0.25) is 0 Å². The van der Waals surface area contributed by atoms with E-state index in [0.717, 1.165) is 23.6 Å². The number of piperazine rings is 1. The fraction of sp³-hybridized carbons (Fsp3) is 0.273. The number of hydrogen-bond acceptors (Lipinski definition) is 5. The van der Waals surface area contributed by atoms with Crippen molar-refractivity contribution in [3.8, 4) is 17.2 Å². The van der Waals surface area contributed by atoms with Crippen LogP contribution in [0.15, 0.2) is 59.2 Å². The van der Waals surface area contributed by atoms with Crippen LogP contribution in [-0.2, 0) is 0 Å². The Hall–Kier alpha value is -2.54. The summed E-state index contributed by atoms with van der Waals surface area (Å²) in [5, 5.41) is 3.39. The molecule has 0 bridgehead atoms. The average Bonchev–Trinajstić information content (AvgIpc) is 3.28. The number of nitrogens with one attached hydrogen (secondary N) is 1. The summed E-state index contributed by atoms with van der Waals surface area (Å²) in [7, 11) is 1.66. The van der Waals surface area contributed by atoms with Crippen molar-refractivity contribution in [2.24, 2.45) is 0 Å². The van der Waals surface area contributed by atoms with Crippen LogP contribution in [0.25, 0.3) is 11.5 Å². The van der Waals surface area contributed by atoms with E-state index in [1.54, 1.807) is 13.4 Å². The minimum atomic E-state index is -0.0958. The van der Waals surface area contributed by atoms with E-state index in [9.17, 15) is 4.79 Å². The van der Waals surface area contributed by atoms with Crippen molar-refractivity contribution < 1.29 is 13.9 Å². The summed E-state index contributed by atoms with van der Waals surface area (Å²) in [4.78, 5) is 19.9. The molecule has 6 nitrogen and oxygen atoms in total. The topological polar surface area (TPSA) is 67.6 Å². The molecule has 0 radical (unpaired) electrons. The number of pyridine rings is 1. The Kier molecular flexibility index (Phi) is 8.29. The van der Waals surface area contributed by atoms with Gasteiger partial charge in [-0.15, -0.1) is 24.8 Å². The third-order valence-corrected chi connectivity index (χ3v) is 5.09. The molecule has 1 aromatic carbocycles. The van der Waals surface area contributed by atoms with Gasteiger partial charge in [-0.2, -0.15) is 0 Å². The highest BCUT2D eigenvalue weighted by Crippen LogP contribution is 2.31. The van der Waals surface area contributed by atoms with Crippen molar-refractivity contribution in [3.63, 3.8) is 0 Å². The van der Waals surface area contributed by atoms with E-state index in [1.807, 2.05) is 60.4 Å². The molecule has 1 fully saturated rings. The largest absolute Gasteiger partial charge is 0.496 e. The molecule has 4 rings (SSSR count). The summed E-state index contributed by atoms with van der Waals surface area (Å²) >= 11 is 0. The molecule has 1 atom stereocenters. The van der Waals surface area contributed by atoms with Gasteiger partial charge in [-0.1, -0.05) is 18.2 Å². The molecule has 0 saturated carbocycles. The van der Waals surface area contributed by atoms with Gasteiger partial charge in [-0.3, -0.25) is 4.79 Å². The summed E-state index contributed by atoms with van der Waals surface area (Å²) in [6.45, 7) is 3.93. The monoisotopic (exact) mass is 449 g/mol. The molecule has 160 valence electrons. The Morgan fingerprint density at radius 1 is 1.17 bits per heavy atom. The molecule has 30 heavy (non-hydrogen) atoms. The third-order valence-electron chi connectivity index (χ3n) is 5.09. The Bertz CT molecular complexity index is 980. The van der Waals surface area contributed by atoms with E-state index < -0.39 is 0 Å². The van der Waals surface area contributed by atoms with Gasteiger partial charge < -0.3 is 19.4 Å². The van der Waals surface area contributed by atoms with Crippen LogP contribution >= 0.6 is 24.8 Å². The number of methoxy groups -OCH3 is 1. The first-order valence-corrected chi connectivity index (χ1v) is 9.35. The second-order valence-electron chi connectivity index (χ2n) is 6.77. The first kappa shape index (κ1) is 23.7. The Morgan fingerprint density at radius 3 is 2.67 bits per heavy atom. The van der Waals surface area contributed by atoms with Crippen LogP contribution < -0.4 is 10.1 Å². The van der Waals surface area contributed by atoms with Crippen molar-refractivity contribution in [1.82, 2.24) is 15.2 Å². The molecule has 0 aliphatic carbocycles. The van der Waals surface area contributed by atoms with Gasteiger partial charge in [-0.05, 0) is 37.3 Å². The number of nitrogens with zero attached hydrogens (tertiary/aromatic N) is 2. The van der Waals surface area contributed by atoms with E-state index in [2.05, 4.69) is 10.3 Å². The lowest BCUT2D eigenvalue weighted by Crippen LogP contribution is -2.49. The molecule has 1 N–H and O–H groups in total. The molecule has 1 aliphatic rings. The summed E-state index contributed by atoms with van der Waals surface area (Å²) < 4.78 is 10.9. The number of benzene rings is 1. The molecular weight excluding hydrogens is 425 g/mol. The third kappa shape index (κ3) is 4.61. The van der Waals surface area contributed by atoms with Gasteiger partial charge in [-0.25, -0.2) is 4.98 Å². The number of carbonyl (C=O) groups is 1. The summed E-state index contributed by atoms with van der Waals surface area (Å²) in [5.74, 6) is 1.46. The number of aromatic nitrogens is 1. The maximum Gasteiger partial charge on any atom is 0.256 e. The van der Waals surface area contributed by atoms with E-state index >= 15 is 0 Å². The van der Waals surface area contributed by atoms with E-state index in [0.29, 0.717) is 30.1 Å². The number of ether oxygens (including phenoxy) is 1. The smallest absolute Gasteiger partial charge is 0.256 e. The molecule has 1 amide bonds. The fourth-order valence-corrected chi connectivity index (χ4v) is 3.67. The molecule has 8 heteroatoms. The minimum Gasteiger partial charge on any atom is -0.496 e.